The molecular weight excluding hydrogens is 196 g/mol. The molecule has 0 aliphatic carbocycles. The first-order valence-corrected chi connectivity index (χ1v) is 4.75. The van der Waals surface area contributed by atoms with Crippen molar-refractivity contribution in [3.63, 3.8) is 0 Å². The monoisotopic (exact) mass is 210 g/mol. The molecule has 2 N–H and O–H groups in total. The van der Waals surface area contributed by atoms with Gasteiger partial charge in [0.15, 0.2) is 0 Å². The smallest absolute Gasteiger partial charge is 0.295 e. The first kappa shape index (κ1) is 11.3. The van der Waals surface area contributed by atoms with Gasteiger partial charge in [-0.25, -0.2) is 0 Å². The van der Waals surface area contributed by atoms with Crippen molar-refractivity contribution in [3.8, 4) is 5.75 Å². The van der Waals surface area contributed by atoms with Crippen molar-refractivity contribution in [2.75, 3.05) is 5.73 Å². The van der Waals surface area contributed by atoms with E-state index in [4.69, 9.17) is 10.5 Å². The zero-order chi connectivity index (χ0) is 11.4. The van der Waals surface area contributed by atoms with Crippen LogP contribution in [-0.2, 0) is 0 Å². The summed E-state index contributed by atoms with van der Waals surface area (Å²) < 4.78 is 5.45. The summed E-state index contributed by atoms with van der Waals surface area (Å²) >= 11 is 0. The summed E-state index contributed by atoms with van der Waals surface area (Å²) in [4.78, 5) is 10.1. The maximum atomic E-state index is 10.6. The van der Waals surface area contributed by atoms with Gasteiger partial charge in [0.05, 0.1) is 17.1 Å². The lowest BCUT2D eigenvalue weighted by atomic mass is 10.2. The zero-order valence-electron chi connectivity index (χ0n) is 8.77. The average molecular weight is 210 g/mol. The molecule has 82 valence electrons. The lowest BCUT2D eigenvalue weighted by molar-refractivity contribution is -0.384. The predicted octanol–water partition coefficient (Wildman–Crippen LogP) is 2.35. The number of nitrogens with zero attached hydrogens (tertiary/aromatic N) is 1. The molecule has 1 aromatic carbocycles. The minimum atomic E-state index is -0.515. The summed E-state index contributed by atoms with van der Waals surface area (Å²) in [5, 5.41) is 10.6. The molecule has 0 aliphatic heterocycles. The number of nitrogens with two attached hydrogens (primary N) is 1. The molecule has 0 spiro atoms. The molecule has 0 aliphatic rings. The Labute approximate surface area is 88.0 Å². The van der Waals surface area contributed by atoms with Crippen LogP contribution in [0.2, 0.25) is 0 Å². The number of nitro benzene ring substituents is 1. The highest BCUT2D eigenvalue weighted by Crippen LogP contribution is 2.27. The maximum Gasteiger partial charge on any atom is 0.295 e. The van der Waals surface area contributed by atoms with E-state index in [0.717, 1.165) is 6.42 Å². The topological polar surface area (TPSA) is 78.4 Å². The molecule has 0 heterocycles. The number of hydrogen-bond acceptors (Lipinski definition) is 4. The van der Waals surface area contributed by atoms with Crippen molar-refractivity contribution in [1.82, 2.24) is 0 Å². The van der Waals surface area contributed by atoms with Gasteiger partial charge in [0.2, 0.25) is 0 Å². The van der Waals surface area contributed by atoms with Crippen molar-refractivity contribution >= 4 is 11.4 Å². The number of anilines is 1. The standard InChI is InChI=1S/C10H14N2O3/c1-3-7(2)15-8-4-5-9(11)10(6-8)12(13)14/h4-7H,3,11H2,1-2H3. The molecule has 1 rings (SSSR count). The van der Waals surface area contributed by atoms with E-state index in [0.29, 0.717) is 5.75 Å². The Balaban J connectivity index is 2.92. The Morgan fingerprint density at radius 3 is 2.80 bits per heavy atom. The maximum absolute atomic E-state index is 10.6. The lowest BCUT2D eigenvalue weighted by Gasteiger charge is -2.12. The number of nitrogen functional groups attached to an aromatic ring is 1. The molecule has 5 nitrogen and oxygen atoms in total. The first-order chi connectivity index (χ1) is 7.04. The highest BCUT2D eigenvalue weighted by molar-refractivity contribution is 5.60. The molecule has 1 atom stereocenters. The van der Waals surface area contributed by atoms with Crippen molar-refractivity contribution in [1.29, 1.82) is 0 Å². The fourth-order valence-electron chi connectivity index (χ4n) is 1.07. The van der Waals surface area contributed by atoms with Gasteiger partial charge in [-0.2, -0.15) is 0 Å². The average Bonchev–Trinajstić information content (AvgIpc) is 2.20. The number of rotatable bonds is 4. The van der Waals surface area contributed by atoms with Gasteiger partial charge in [-0.15, -0.1) is 0 Å². The third-order valence-corrected chi connectivity index (χ3v) is 2.11. The van der Waals surface area contributed by atoms with Gasteiger partial charge in [-0.3, -0.25) is 10.1 Å². The van der Waals surface area contributed by atoms with E-state index < -0.39 is 4.92 Å². The van der Waals surface area contributed by atoms with Gasteiger partial charge < -0.3 is 10.5 Å². The van der Waals surface area contributed by atoms with Crippen molar-refractivity contribution in [3.05, 3.63) is 28.3 Å². The molecule has 0 bridgehead atoms. The molecule has 1 aromatic rings. The van der Waals surface area contributed by atoms with Crippen molar-refractivity contribution < 1.29 is 9.66 Å². The molecule has 0 saturated carbocycles. The van der Waals surface area contributed by atoms with Crippen molar-refractivity contribution in [2.24, 2.45) is 0 Å². The SMILES string of the molecule is CCC(C)Oc1ccc(N)c([N+](=O)[O-])c1. The van der Waals surface area contributed by atoms with E-state index in [1.54, 1.807) is 6.07 Å². The second-order valence-electron chi connectivity index (χ2n) is 3.31. The molecular formula is C10H14N2O3. The second-order valence-corrected chi connectivity index (χ2v) is 3.31. The molecule has 1 unspecified atom stereocenters. The molecule has 15 heavy (non-hydrogen) atoms. The largest absolute Gasteiger partial charge is 0.490 e. The zero-order valence-corrected chi connectivity index (χ0v) is 8.77. The van der Waals surface area contributed by atoms with Gasteiger partial charge in [-0.05, 0) is 25.5 Å². The van der Waals surface area contributed by atoms with Crippen LogP contribution in [0.4, 0.5) is 11.4 Å². The Morgan fingerprint density at radius 1 is 1.60 bits per heavy atom. The highest BCUT2D eigenvalue weighted by Gasteiger charge is 2.13. The van der Waals surface area contributed by atoms with Crippen LogP contribution in [0.3, 0.4) is 0 Å². The lowest BCUT2D eigenvalue weighted by Crippen LogP contribution is -2.10. The van der Waals surface area contributed by atoms with Crippen LogP contribution in [0.25, 0.3) is 0 Å². The minimum absolute atomic E-state index is 0.0354. The highest BCUT2D eigenvalue weighted by atomic mass is 16.6. The summed E-state index contributed by atoms with van der Waals surface area (Å²) in [5.41, 5.74) is 5.49. The van der Waals surface area contributed by atoms with E-state index in [-0.39, 0.29) is 17.5 Å². The van der Waals surface area contributed by atoms with Crippen LogP contribution in [0, 0.1) is 10.1 Å². The van der Waals surface area contributed by atoms with Crippen LogP contribution >= 0.6 is 0 Å². The summed E-state index contributed by atoms with van der Waals surface area (Å²) in [6.07, 6.45) is 0.881. The molecule has 0 amide bonds. The third kappa shape index (κ3) is 2.83. The number of hydrogen-bond donors (Lipinski definition) is 1. The summed E-state index contributed by atoms with van der Waals surface area (Å²) in [6, 6.07) is 4.46. The Bertz CT molecular complexity index is 366. The van der Waals surface area contributed by atoms with E-state index in [1.165, 1.54) is 12.1 Å². The van der Waals surface area contributed by atoms with Crippen LogP contribution in [0.1, 0.15) is 20.3 Å². The van der Waals surface area contributed by atoms with E-state index in [1.807, 2.05) is 13.8 Å². The Morgan fingerprint density at radius 2 is 2.27 bits per heavy atom. The summed E-state index contributed by atoms with van der Waals surface area (Å²) in [5.74, 6) is 0.477. The molecule has 0 saturated heterocycles. The van der Waals surface area contributed by atoms with Crippen LogP contribution in [-0.4, -0.2) is 11.0 Å². The van der Waals surface area contributed by atoms with Gasteiger partial charge in [0.1, 0.15) is 11.4 Å². The summed E-state index contributed by atoms with van der Waals surface area (Å²) in [7, 11) is 0. The van der Waals surface area contributed by atoms with Gasteiger partial charge >= 0.3 is 0 Å². The predicted molar refractivity (Wildman–Crippen MR) is 57.9 cm³/mol. The van der Waals surface area contributed by atoms with Gasteiger partial charge in [-0.1, -0.05) is 6.92 Å². The van der Waals surface area contributed by atoms with E-state index >= 15 is 0 Å². The Kier molecular flexibility index (Phi) is 3.49. The third-order valence-electron chi connectivity index (χ3n) is 2.11. The second kappa shape index (κ2) is 4.63. The Hall–Kier alpha value is -1.78. The van der Waals surface area contributed by atoms with Gasteiger partial charge in [0.25, 0.3) is 5.69 Å². The van der Waals surface area contributed by atoms with E-state index in [9.17, 15) is 10.1 Å². The van der Waals surface area contributed by atoms with Crippen LogP contribution in [0.15, 0.2) is 18.2 Å². The quantitative estimate of drug-likeness (QED) is 0.470. The minimum Gasteiger partial charge on any atom is -0.490 e. The van der Waals surface area contributed by atoms with Crippen molar-refractivity contribution in [2.45, 2.75) is 26.4 Å². The van der Waals surface area contributed by atoms with Crippen LogP contribution in [0.5, 0.6) is 5.75 Å². The molecule has 5 heteroatoms. The molecule has 0 aromatic heterocycles. The first-order valence-electron chi connectivity index (χ1n) is 4.75. The fraction of sp³-hybridized carbons (Fsp3) is 0.400. The number of benzene rings is 1. The van der Waals surface area contributed by atoms with E-state index in [2.05, 4.69) is 0 Å². The molecule has 0 fully saturated rings. The molecule has 0 radical (unpaired) electrons. The summed E-state index contributed by atoms with van der Waals surface area (Å²) in [6.45, 7) is 3.89. The fourth-order valence-corrected chi connectivity index (χ4v) is 1.07. The van der Waals surface area contributed by atoms with Gasteiger partial charge in [0, 0.05) is 0 Å². The number of nitro groups is 1. The van der Waals surface area contributed by atoms with Crippen LogP contribution < -0.4 is 10.5 Å². The number of ether oxygens (including phenoxy) is 1. The normalized spacial score (nSPS) is 12.1.